The normalized spacial score (nSPS) is 12.9. The molecule has 0 fully saturated rings. The van der Waals surface area contributed by atoms with Crippen LogP contribution in [0.4, 0.5) is 10.2 Å². The first-order valence-corrected chi connectivity index (χ1v) is 12.1. The van der Waals surface area contributed by atoms with Crippen LogP contribution in [-0.4, -0.2) is 28.3 Å². The van der Waals surface area contributed by atoms with Crippen LogP contribution in [0.2, 0.25) is 5.02 Å². The molecule has 0 aliphatic heterocycles. The molecule has 0 N–H and O–H groups in total. The fourth-order valence-electron chi connectivity index (χ4n) is 4.96. The molecule has 0 bridgehead atoms. The van der Waals surface area contributed by atoms with E-state index in [0.29, 0.717) is 17.3 Å². The first-order chi connectivity index (χ1) is 16.5. The van der Waals surface area contributed by atoms with Gasteiger partial charge in [0.1, 0.15) is 17.4 Å². The Kier molecular flexibility index (Phi) is 6.17. The fraction of sp³-hybridized carbons (Fsp3) is 0.333. The molecule has 1 aliphatic rings. The summed E-state index contributed by atoms with van der Waals surface area (Å²) >= 11 is 6.67. The minimum atomic E-state index is -0.217. The summed E-state index contributed by atoms with van der Waals surface area (Å²) in [7, 11) is 1.63. The lowest BCUT2D eigenvalue weighted by Crippen LogP contribution is -2.27. The molecule has 0 saturated carbocycles. The number of fused-ring (bicyclic) bond motifs is 2. The molecule has 0 spiro atoms. The maximum Gasteiger partial charge on any atom is 0.165 e. The molecule has 2 aromatic carbocycles. The highest BCUT2D eigenvalue weighted by molar-refractivity contribution is 6.33. The number of aromatic nitrogens is 3. The molecule has 4 aromatic rings. The van der Waals surface area contributed by atoms with Crippen LogP contribution in [0.25, 0.3) is 16.8 Å². The minimum Gasteiger partial charge on any atom is -0.497 e. The molecule has 1 aliphatic carbocycles. The van der Waals surface area contributed by atoms with Crippen molar-refractivity contribution in [2.45, 2.75) is 46.1 Å². The van der Waals surface area contributed by atoms with E-state index in [4.69, 9.17) is 26.4 Å². The second-order valence-corrected chi connectivity index (χ2v) is 9.21. The monoisotopic (exact) mass is 478 g/mol. The molecule has 34 heavy (non-hydrogen) atoms. The minimum absolute atomic E-state index is 0.217. The predicted molar refractivity (Wildman–Crippen MR) is 134 cm³/mol. The highest BCUT2D eigenvalue weighted by Gasteiger charge is 2.27. The van der Waals surface area contributed by atoms with Gasteiger partial charge in [-0.25, -0.2) is 9.37 Å². The number of halogens is 2. The van der Waals surface area contributed by atoms with Gasteiger partial charge < -0.3 is 9.64 Å². The van der Waals surface area contributed by atoms with Crippen molar-refractivity contribution in [1.82, 2.24) is 14.6 Å². The number of hydrogen-bond donors (Lipinski definition) is 0. The summed E-state index contributed by atoms with van der Waals surface area (Å²) in [5, 5.41) is 5.56. The van der Waals surface area contributed by atoms with Crippen LogP contribution in [0.1, 0.15) is 42.3 Å². The Bertz CT molecular complexity index is 1370. The third-order valence-electron chi connectivity index (χ3n) is 6.44. The lowest BCUT2D eigenvalue weighted by Gasteiger charge is -2.27. The maximum absolute atomic E-state index is 13.9. The third-order valence-corrected chi connectivity index (χ3v) is 6.75. The average Bonchev–Trinajstić information content (AvgIpc) is 3.40. The van der Waals surface area contributed by atoms with Crippen molar-refractivity contribution >= 4 is 23.1 Å². The van der Waals surface area contributed by atoms with Crippen molar-refractivity contribution in [3.8, 4) is 16.9 Å². The van der Waals surface area contributed by atoms with Gasteiger partial charge in [-0.3, -0.25) is 0 Å². The van der Waals surface area contributed by atoms with Gasteiger partial charge in [-0.05, 0) is 68.5 Å². The summed E-state index contributed by atoms with van der Waals surface area (Å²) in [5.74, 6) is 1.55. The summed E-state index contributed by atoms with van der Waals surface area (Å²) in [6.45, 7) is 5.60. The van der Waals surface area contributed by atoms with E-state index >= 15 is 0 Å². The number of rotatable bonds is 7. The Morgan fingerprint density at radius 1 is 1.18 bits per heavy atom. The van der Waals surface area contributed by atoms with Gasteiger partial charge in [-0.15, -0.1) is 0 Å². The molecule has 176 valence electrons. The van der Waals surface area contributed by atoms with Gasteiger partial charge in [0.2, 0.25) is 0 Å². The molecule has 5 nitrogen and oxygen atoms in total. The molecule has 2 heterocycles. The van der Waals surface area contributed by atoms with Crippen LogP contribution in [0, 0.1) is 12.7 Å². The predicted octanol–water partition coefficient (Wildman–Crippen LogP) is 6.41. The Balaban J connectivity index is 1.71. The Hall–Kier alpha value is -3.12. The molecule has 0 radical (unpaired) electrons. The fourth-order valence-corrected chi connectivity index (χ4v) is 5.23. The van der Waals surface area contributed by atoms with Gasteiger partial charge in [0.05, 0.1) is 23.4 Å². The van der Waals surface area contributed by atoms with Crippen LogP contribution in [0.15, 0.2) is 42.5 Å². The van der Waals surface area contributed by atoms with E-state index in [0.717, 1.165) is 71.8 Å². The van der Waals surface area contributed by atoms with Crippen LogP contribution < -0.4 is 9.64 Å². The molecule has 0 unspecified atom stereocenters. The SMILES string of the molecule is CCCN(Cc1cccc(F)c1)c1c2c(nc3c(-c4ccc(OC)cc4Cl)c(C)nn13)CCC2. The smallest absolute Gasteiger partial charge is 0.165 e. The summed E-state index contributed by atoms with van der Waals surface area (Å²) in [5.41, 5.74) is 6.80. The van der Waals surface area contributed by atoms with Crippen molar-refractivity contribution < 1.29 is 9.13 Å². The first kappa shape index (κ1) is 22.7. The van der Waals surface area contributed by atoms with Crippen LogP contribution in [-0.2, 0) is 19.4 Å². The van der Waals surface area contributed by atoms with Crippen LogP contribution in [0.5, 0.6) is 5.75 Å². The maximum atomic E-state index is 13.9. The van der Waals surface area contributed by atoms with Gasteiger partial charge in [0, 0.05) is 29.9 Å². The van der Waals surface area contributed by atoms with Gasteiger partial charge in [0.15, 0.2) is 5.65 Å². The number of nitrogens with zero attached hydrogens (tertiary/aromatic N) is 4. The number of methoxy groups -OCH3 is 1. The Morgan fingerprint density at radius 2 is 2.03 bits per heavy atom. The molecular formula is C27H28ClFN4O. The highest BCUT2D eigenvalue weighted by atomic mass is 35.5. The topological polar surface area (TPSA) is 42.7 Å². The van der Waals surface area contributed by atoms with Crippen LogP contribution in [0.3, 0.4) is 0 Å². The van der Waals surface area contributed by atoms with Crippen LogP contribution >= 0.6 is 11.6 Å². The lowest BCUT2D eigenvalue weighted by atomic mass is 10.1. The second-order valence-electron chi connectivity index (χ2n) is 8.81. The molecule has 0 atom stereocenters. The molecule has 0 saturated heterocycles. The number of hydrogen-bond acceptors (Lipinski definition) is 4. The van der Waals surface area contributed by atoms with Crippen molar-refractivity contribution in [1.29, 1.82) is 0 Å². The number of anilines is 1. The molecule has 0 amide bonds. The van der Waals surface area contributed by atoms with E-state index in [-0.39, 0.29) is 5.82 Å². The van der Waals surface area contributed by atoms with Gasteiger partial charge >= 0.3 is 0 Å². The van der Waals surface area contributed by atoms with Crippen molar-refractivity contribution in [3.63, 3.8) is 0 Å². The van der Waals surface area contributed by atoms with E-state index in [1.165, 1.54) is 11.6 Å². The van der Waals surface area contributed by atoms with E-state index in [1.54, 1.807) is 19.2 Å². The number of aryl methyl sites for hydroxylation is 2. The quantitative estimate of drug-likeness (QED) is 0.308. The lowest BCUT2D eigenvalue weighted by molar-refractivity contribution is 0.415. The van der Waals surface area contributed by atoms with E-state index < -0.39 is 0 Å². The van der Waals surface area contributed by atoms with E-state index in [2.05, 4.69) is 11.8 Å². The van der Waals surface area contributed by atoms with Crippen molar-refractivity contribution in [2.24, 2.45) is 0 Å². The number of benzene rings is 2. The van der Waals surface area contributed by atoms with E-state index in [1.807, 2.05) is 35.7 Å². The zero-order valence-corrected chi connectivity index (χ0v) is 20.5. The summed E-state index contributed by atoms with van der Waals surface area (Å²) in [6.07, 6.45) is 3.94. The number of ether oxygens (including phenoxy) is 1. The Labute approximate surface area is 204 Å². The Morgan fingerprint density at radius 3 is 2.76 bits per heavy atom. The molecule has 5 rings (SSSR count). The van der Waals surface area contributed by atoms with Crippen molar-refractivity contribution in [3.05, 3.63) is 75.8 Å². The summed E-state index contributed by atoms with van der Waals surface area (Å²) < 4.78 is 21.3. The van der Waals surface area contributed by atoms with E-state index in [9.17, 15) is 4.39 Å². The van der Waals surface area contributed by atoms with Gasteiger partial charge in [-0.1, -0.05) is 30.7 Å². The van der Waals surface area contributed by atoms with Gasteiger partial charge in [-0.2, -0.15) is 9.61 Å². The average molecular weight is 479 g/mol. The third kappa shape index (κ3) is 4.00. The first-order valence-electron chi connectivity index (χ1n) is 11.7. The molecule has 2 aromatic heterocycles. The van der Waals surface area contributed by atoms with Crippen molar-refractivity contribution in [2.75, 3.05) is 18.6 Å². The molecule has 7 heteroatoms. The molecular weight excluding hydrogens is 451 g/mol. The van der Waals surface area contributed by atoms with Gasteiger partial charge in [0.25, 0.3) is 0 Å². The standard InChI is InChI=1S/C27H28ClFN4O/c1-4-13-32(16-18-7-5-8-19(29)14-18)27-22-9-6-10-24(22)30-26-25(17(2)31-33(26)27)21-12-11-20(34-3)15-23(21)28/h5,7-8,11-12,14-15H,4,6,9-10,13,16H2,1-3H3. The highest BCUT2D eigenvalue weighted by Crippen LogP contribution is 2.39. The summed E-state index contributed by atoms with van der Waals surface area (Å²) in [6, 6.07) is 12.5. The summed E-state index contributed by atoms with van der Waals surface area (Å²) in [4.78, 5) is 7.40. The largest absolute Gasteiger partial charge is 0.497 e. The second kappa shape index (κ2) is 9.26. The zero-order chi connectivity index (χ0) is 23.8. The zero-order valence-electron chi connectivity index (χ0n) is 19.7.